The lowest BCUT2D eigenvalue weighted by Gasteiger charge is -2.36. The van der Waals surface area contributed by atoms with Crippen LogP contribution in [-0.2, 0) is 0 Å². The average Bonchev–Trinajstić information content (AvgIpc) is 2.69. The van der Waals surface area contributed by atoms with Crippen LogP contribution in [0.15, 0.2) is 36.7 Å². The van der Waals surface area contributed by atoms with E-state index >= 15 is 0 Å². The minimum absolute atomic E-state index is 0.0987. The fraction of sp³-hybridized carbons (Fsp3) is 0.421. The number of benzene rings is 1. The van der Waals surface area contributed by atoms with Crippen molar-refractivity contribution in [3.63, 3.8) is 0 Å². The summed E-state index contributed by atoms with van der Waals surface area (Å²) >= 11 is 0. The molecule has 0 radical (unpaired) electrons. The summed E-state index contributed by atoms with van der Waals surface area (Å²) in [5, 5.41) is 0. The highest BCUT2D eigenvalue weighted by Crippen LogP contribution is 2.21. The summed E-state index contributed by atoms with van der Waals surface area (Å²) in [6.45, 7) is 8.06. The van der Waals surface area contributed by atoms with Crippen LogP contribution in [0.5, 0.6) is 0 Å². The molecule has 1 amide bonds. The molecule has 0 saturated carbocycles. The predicted octanol–water partition coefficient (Wildman–Crippen LogP) is 2.42. The molecule has 3 rings (SSSR count). The lowest BCUT2D eigenvalue weighted by Crippen LogP contribution is -2.47. The summed E-state index contributed by atoms with van der Waals surface area (Å²) in [6, 6.07) is 6.84. The summed E-state index contributed by atoms with van der Waals surface area (Å²) in [5.74, 6) is 0.452. The van der Waals surface area contributed by atoms with E-state index in [1.807, 2.05) is 24.8 Å². The maximum Gasteiger partial charge on any atom is 0.274 e. The van der Waals surface area contributed by atoms with Gasteiger partial charge in [0.1, 0.15) is 17.3 Å². The second-order valence-corrected chi connectivity index (χ2v) is 6.16. The summed E-state index contributed by atoms with van der Waals surface area (Å²) < 4.78 is 13.9. The molecule has 7 heteroatoms. The molecule has 0 N–H and O–H groups in total. The Kier molecular flexibility index (Phi) is 5.65. The molecule has 1 aliphatic heterocycles. The van der Waals surface area contributed by atoms with Crippen molar-refractivity contribution in [3.05, 3.63) is 48.2 Å². The monoisotopic (exact) mass is 357 g/mol. The van der Waals surface area contributed by atoms with Crippen LogP contribution in [0.3, 0.4) is 0 Å². The van der Waals surface area contributed by atoms with E-state index in [0.717, 1.165) is 18.9 Å². The Morgan fingerprint density at radius 2 is 1.69 bits per heavy atom. The molecule has 0 unspecified atom stereocenters. The SMILES string of the molecule is CCN(CC)C(=O)c1cnc(N2CCN(c3ccccc3F)CC2)cn1. The highest BCUT2D eigenvalue weighted by atomic mass is 19.1. The van der Waals surface area contributed by atoms with Crippen molar-refractivity contribution in [2.75, 3.05) is 49.1 Å². The van der Waals surface area contributed by atoms with E-state index in [1.165, 1.54) is 6.07 Å². The average molecular weight is 357 g/mol. The van der Waals surface area contributed by atoms with Crippen molar-refractivity contribution in [1.29, 1.82) is 0 Å². The molecular weight excluding hydrogens is 333 g/mol. The Morgan fingerprint density at radius 1 is 1.04 bits per heavy atom. The van der Waals surface area contributed by atoms with Gasteiger partial charge in [-0.1, -0.05) is 12.1 Å². The molecule has 26 heavy (non-hydrogen) atoms. The van der Waals surface area contributed by atoms with Gasteiger partial charge in [0.25, 0.3) is 5.91 Å². The Balaban J connectivity index is 1.63. The second-order valence-electron chi connectivity index (χ2n) is 6.16. The van der Waals surface area contributed by atoms with E-state index in [0.29, 0.717) is 37.6 Å². The van der Waals surface area contributed by atoms with E-state index in [1.54, 1.807) is 29.4 Å². The molecule has 1 aliphatic rings. The highest BCUT2D eigenvalue weighted by Gasteiger charge is 2.21. The lowest BCUT2D eigenvalue weighted by atomic mass is 10.2. The minimum Gasteiger partial charge on any atom is -0.366 e. The van der Waals surface area contributed by atoms with Gasteiger partial charge in [-0.2, -0.15) is 0 Å². The van der Waals surface area contributed by atoms with Gasteiger partial charge in [-0.15, -0.1) is 0 Å². The summed E-state index contributed by atoms with van der Waals surface area (Å²) in [4.78, 5) is 26.9. The quantitative estimate of drug-likeness (QED) is 0.823. The number of hydrogen-bond donors (Lipinski definition) is 0. The fourth-order valence-electron chi connectivity index (χ4n) is 3.15. The number of rotatable bonds is 5. The van der Waals surface area contributed by atoms with Crippen molar-refractivity contribution in [3.8, 4) is 0 Å². The molecule has 1 aromatic carbocycles. The predicted molar refractivity (Wildman–Crippen MR) is 100 cm³/mol. The standard InChI is InChI=1S/C19H24FN5O/c1-3-23(4-2)19(26)16-13-22-18(14-21-16)25-11-9-24(10-12-25)17-8-6-5-7-15(17)20/h5-8,13-14H,3-4,9-12H2,1-2H3. The van der Waals surface area contributed by atoms with Gasteiger partial charge < -0.3 is 14.7 Å². The minimum atomic E-state index is -0.194. The van der Waals surface area contributed by atoms with Crippen LogP contribution < -0.4 is 9.80 Å². The first-order chi connectivity index (χ1) is 12.6. The molecule has 1 aromatic heterocycles. The smallest absolute Gasteiger partial charge is 0.274 e. The first kappa shape index (κ1) is 18.1. The number of carbonyl (C=O) groups excluding carboxylic acids is 1. The number of aromatic nitrogens is 2. The van der Waals surface area contributed by atoms with Gasteiger partial charge in [0.2, 0.25) is 0 Å². The third kappa shape index (κ3) is 3.76. The van der Waals surface area contributed by atoms with Crippen molar-refractivity contribution in [2.45, 2.75) is 13.8 Å². The highest BCUT2D eigenvalue weighted by molar-refractivity contribution is 5.92. The number of anilines is 2. The number of piperazine rings is 1. The van der Waals surface area contributed by atoms with Crippen molar-refractivity contribution in [1.82, 2.24) is 14.9 Å². The Bertz CT molecular complexity index is 740. The van der Waals surface area contributed by atoms with Gasteiger partial charge in [0.15, 0.2) is 0 Å². The topological polar surface area (TPSA) is 52.6 Å². The molecule has 0 aliphatic carbocycles. The van der Waals surface area contributed by atoms with E-state index in [-0.39, 0.29) is 11.7 Å². The van der Waals surface area contributed by atoms with Gasteiger partial charge in [0, 0.05) is 39.3 Å². The Hall–Kier alpha value is -2.70. The fourth-order valence-corrected chi connectivity index (χ4v) is 3.15. The molecule has 2 heterocycles. The number of amides is 1. The van der Waals surface area contributed by atoms with Crippen LogP contribution >= 0.6 is 0 Å². The van der Waals surface area contributed by atoms with Crippen LogP contribution in [0, 0.1) is 5.82 Å². The summed E-state index contributed by atoms with van der Waals surface area (Å²) in [5.41, 5.74) is 1.00. The lowest BCUT2D eigenvalue weighted by molar-refractivity contribution is 0.0766. The molecule has 0 atom stereocenters. The van der Waals surface area contributed by atoms with Gasteiger partial charge >= 0.3 is 0 Å². The Morgan fingerprint density at radius 3 is 2.27 bits per heavy atom. The molecule has 138 valence electrons. The molecule has 0 spiro atoms. The van der Waals surface area contributed by atoms with E-state index in [4.69, 9.17) is 0 Å². The Labute approximate surface area is 153 Å². The first-order valence-electron chi connectivity index (χ1n) is 8.99. The number of para-hydroxylation sites is 1. The van der Waals surface area contributed by atoms with Crippen molar-refractivity contribution < 1.29 is 9.18 Å². The maximum absolute atomic E-state index is 13.9. The third-order valence-electron chi connectivity index (χ3n) is 4.70. The summed E-state index contributed by atoms with van der Waals surface area (Å²) in [7, 11) is 0. The number of hydrogen-bond acceptors (Lipinski definition) is 5. The van der Waals surface area contributed by atoms with Crippen molar-refractivity contribution in [2.24, 2.45) is 0 Å². The molecule has 6 nitrogen and oxygen atoms in total. The normalized spacial score (nSPS) is 14.4. The van der Waals surface area contributed by atoms with Gasteiger partial charge in [-0.05, 0) is 26.0 Å². The summed E-state index contributed by atoms with van der Waals surface area (Å²) in [6.07, 6.45) is 3.19. The molecule has 1 saturated heterocycles. The van der Waals surface area contributed by atoms with Crippen LogP contribution in [0.1, 0.15) is 24.3 Å². The largest absolute Gasteiger partial charge is 0.366 e. The number of nitrogens with zero attached hydrogens (tertiary/aromatic N) is 5. The number of carbonyl (C=O) groups is 1. The van der Waals surface area contributed by atoms with E-state index < -0.39 is 0 Å². The zero-order valence-electron chi connectivity index (χ0n) is 15.2. The third-order valence-corrected chi connectivity index (χ3v) is 4.70. The van der Waals surface area contributed by atoms with Crippen LogP contribution in [0.4, 0.5) is 15.9 Å². The zero-order chi connectivity index (χ0) is 18.5. The van der Waals surface area contributed by atoms with E-state index in [9.17, 15) is 9.18 Å². The molecular formula is C19H24FN5O. The second kappa shape index (κ2) is 8.12. The molecule has 0 bridgehead atoms. The maximum atomic E-state index is 13.9. The first-order valence-corrected chi connectivity index (χ1v) is 8.99. The van der Waals surface area contributed by atoms with Gasteiger partial charge in [-0.25, -0.2) is 14.4 Å². The van der Waals surface area contributed by atoms with E-state index in [2.05, 4.69) is 14.9 Å². The molecule has 1 fully saturated rings. The van der Waals surface area contributed by atoms with Crippen LogP contribution in [-0.4, -0.2) is 60.0 Å². The molecule has 2 aromatic rings. The zero-order valence-corrected chi connectivity index (χ0v) is 15.2. The van der Waals surface area contributed by atoms with Crippen LogP contribution in [0.25, 0.3) is 0 Å². The van der Waals surface area contributed by atoms with Gasteiger partial charge in [-0.3, -0.25) is 4.79 Å². The van der Waals surface area contributed by atoms with Crippen LogP contribution in [0.2, 0.25) is 0 Å². The number of halogens is 1. The van der Waals surface area contributed by atoms with Gasteiger partial charge in [0.05, 0.1) is 18.1 Å². The van der Waals surface area contributed by atoms with Crippen molar-refractivity contribution >= 4 is 17.4 Å².